The largest absolute Gasteiger partial charge is 0.308 e. The SMILES string of the molecule is CC(C)NCc1ncnn1-c1ccc(Cl)cc1Cl. The summed E-state index contributed by atoms with van der Waals surface area (Å²) in [4.78, 5) is 4.23. The van der Waals surface area contributed by atoms with Crippen molar-refractivity contribution in [1.82, 2.24) is 20.1 Å². The first-order valence-electron chi connectivity index (χ1n) is 5.65. The van der Waals surface area contributed by atoms with Gasteiger partial charge in [-0.25, -0.2) is 9.67 Å². The van der Waals surface area contributed by atoms with Crippen LogP contribution in [0.3, 0.4) is 0 Å². The summed E-state index contributed by atoms with van der Waals surface area (Å²) in [5.74, 6) is 0.813. The van der Waals surface area contributed by atoms with Crippen LogP contribution in [0.1, 0.15) is 19.7 Å². The lowest BCUT2D eigenvalue weighted by molar-refractivity contribution is 0.563. The highest BCUT2D eigenvalue weighted by Gasteiger charge is 2.10. The van der Waals surface area contributed by atoms with E-state index in [0.29, 0.717) is 22.6 Å². The zero-order valence-electron chi connectivity index (χ0n) is 10.2. The Morgan fingerprint density at radius 2 is 2.11 bits per heavy atom. The van der Waals surface area contributed by atoms with Crippen molar-refractivity contribution in [2.75, 3.05) is 0 Å². The molecule has 18 heavy (non-hydrogen) atoms. The van der Waals surface area contributed by atoms with Crippen LogP contribution < -0.4 is 5.32 Å². The van der Waals surface area contributed by atoms with E-state index in [2.05, 4.69) is 29.2 Å². The molecule has 2 rings (SSSR count). The molecule has 4 nitrogen and oxygen atoms in total. The first-order chi connectivity index (χ1) is 8.58. The van der Waals surface area contributed by atoms with E-state index in [1.165, 1.54) is 6.33 Å². The molecule has 0 atom stereocenters. The third kappa shape index (κ3) is 3.02. The second-order valence-corrected chi connectivity index (χ2v) is 5.06. The molecule has 0 amide bonds. The fourth-order valence-electron chi connectivity index (χ4n) is 1.54. The molecule has 96 valence electrons. The van der Waals surface area contributed by atoms with Gasteiger partial charge in [0.15, 0.2) is 0 Å². The van der Waals surface area contributed by atoms with Gasteiger partial charge in [-0.3, -0.25) is 0 Å². The number of rotatable bonds is 4. The van der Waals surface area contributed by atoms with Gasteiger partial charge in [0, 0.05) is 11.1 Å². The molecule has 6 heteroatoms. The molecule has 2 aromatic rings. The van der Waals surface area contributed by atoms with E-state index >= 15 is 0 Å². The molecule has 0 saturated heterocycles. The number of halogens is 2. The van der Waals surface area contributed by atoms with E-state index in [4.69, 9.17) is 23.2 Å². The highest BCUT2D eigenvalue weighted by molar-refractivity contribution is 6.35. The van der Waals surface area contributed by atoms with Crippen molar-refractivity contribution in [1.29, 1.82) is 0 Å². The lowest BCUT2D eigenvalue weighted by Crippen LogP contribution is -2.24. The average Bonchev–Trinajstić information content (AvgIpc) is 2.74. The zero-order chi connectivity index (χ0) is 13.1. The Morgan fingerprint density at radius 3 is 2.78 bits per heavy atom. The normalized spacial score (nSPS) is 11.2. The van der Waals surface area contributed by atoms with Gasteiger partial charge in [-0.1, -0.05) is 37.0 Å². The summed E-state index contributed by atoms with van der Waals surface area (Å²) in [5, 5.41) is 8.65. The van der Waals surface area contributed by atoms with Gasteiger partial charge in [0.2, 0.25) is 0 Å². The molecule has 1 N–H and O–H groups in total. The summed E-state index contributed by atoms with van der Waals surface area (Å²) in [6.45, 7) is 4.79. The third-order valence-corrected chi connectivity index (χ3v) is 2.96. The minimum Gasteiger partial charge on any atom is -0.308 e. The quantitative estimate of drug-likeness (QED) is 0.938. The van der Waals surface area contributed by atoms with E-state index in [-0.39, 0.29) is 0 Å². The molecule has 0 aliphatic heterocycles. The molecule has 0 unspecified atom stereocenters. The Bertz CT molecular complexity index is 537. The molecule has 0 spiro atoms. The summed E-state index contributed by atoms with van der Waals surface area (Å²) in [7, 11) is 0. The van der Waals surface area contributed by atoms with Crippen LogP contribution in [0, 0.1) is 0 Å². The van der Waals surface area contributed by atoms with Crippen LogP contribution in [0.25, 0.3) is 5.69 Å². The Kier molecular flexibility index (Phi) is 4.22. The monoisotopic (exact) mass is 284 g/mol. The molecule has 0 aliphatic carbocycles. The van der Waals surface area contributed by atoms with E-state index < -0.39 is 0 Å². The van der Waals surface area contributed by atoms with Gasteiger partial charge < -0.3 is 5.32 Å². The Balaban J connectivity index is 2.30. The summed E-state index contributed by atoms with van der Waals surface area (Å²) >= 11 is 12.0. The van der Waals surface area contributed by atoms with Gasteiger partial charge in [-0.05, 0) is 18.2 Å². The van der Waals surface area contributed by atoms with E-state index in [9.17, 15) is 0 Å². The second-order valence-electron chi connectivity index (χ2n) is 4.22. The zero-order valence-corrected chi connectivity index (χ0v) is 11.7. The van der Waals surface area contributed by atoms with Crippen molar-refractivity contribution in [2.45, 2.75) is 26.4 Å². The van der Waals surface area contributed by atoms with Crippen molar-refractivity contribution in [3.63, 3.8) is 0 Å². The van der Waals surface area contributed by atoms with Gasteiger partial charge in [-0.2, -0.15) is 5.10 Å². The number of hydrogen-bond acceptors (Lipinski definition) is 3. The number of benzene rings is 1. The molecule has 1 aromatic carbocycles. The number of aromatic nitrogens is 3. The fraction of sp³-hybridized carbons (Fsp3) is 0.333. The third-order valence-electron chi connectivity index (χ3n) is 2.42. The molecule has 0 bridgehead atoms. The molecule has 1 heterocycles. The van der Waals surface area contributed by atoms with Crippen LogP contribution in [-0.4, -0.2) is 20.8 Å². The van der Waals surface area contributed by atoms with Gasteiger partial charge in [-0.15, -0.1) is 0 Å². The number of nitrogens with one attached hydrogen (secondary N) is 1. The predicted octanol–water partition coefficient (Wildman–Crippen LogP) is 3.07. The maximum Gasteiger partial charge on any atom is 0.146 e. The minimum atomic E-state index is 0.385. The maximum atomic E-state index is 6.16. The molecule has 0 radical (unpaired) electrons. The van der Waals surface area contributed by atoms with Crippen molar-refractivity contribution in [2.24, 2.45) is 0 Å². The van der Waals surface area contributed by atoms with Crippen molar-refractivity contribution < 1.29 is 0 Å². The lowest BCUT2D eigenvalue weighted by Gasteiger charge is -2.10. The minimum absolute atomic E-state index is 0.385. The van der Waals surface area contributed by atoms with Crippen LogP contribution in [0.2, 0.25) is 10.0 Å². The number of nitrogens with zero attached hydrogens (tertiary/aromatic N) is 3. The summed E-state index contributed by atoms with van der Waals surface area (Å²) < 4.78 is 1.72. The maximum absolute atomic E-state index is 6.16. The molecule has 0 aliphatic rings. The number of hydrogen-bond donors (Lipinski definition) is 1. The molecular weight excluding hydrogens is 271 g/mol. The van der Waals surface area contributed by atoms with E-state index in [1.807, 2.05) is 6.07 Å². The fourth-order valence-corrected chi connectivity index (χ4v) is 2.02. The van der Waals surface area contributed by atoms with E-state index in [0.717, 1.165) is 11.5 Å². The van der Waals surface area contributed by atoms with Crippen LogP contribution in [0.15, 0.2) is 24.5 Å². The molecule has 1 aromatic heterocycles. The lowest BCUT2D eigenvalue weighted by atomic mass is 10.3. The Morgan fingerprint density at radius 1 is 1.33 bits per heavy atom. The van der Waals surface area contributed by atoms with Crippen molar-refractivity contribution >= 4 is 23.2 Å². The molecule has 0 fully saturated rings. The second kappa shape index (κ2) is 5.69. The highest BCUT2D eigenvalue weighted by Crippen LogP contribution is 2.24. The van der Waals surface area contributed by atoms with Gasteiger partial charge in [0.25, 0.3) is 0 Å². The smallest absolute Gasteiger partial charge is 0.146 e. The first kappa shape index (κ1) is 13.3. The standard InChI is InChI=1S/C12H14Cl2N4/c1-8(2)15-6-12-16-7-17-18(12)11-4-3-9(13)5-10(11)14/h3-5,7-8,15H,6H2,1-2H3. The summed E-state index contributed by atoms with van der Waals surface area (Å²) in [6.07, 6.45) is 1.52. The summed E-state index contributed by atoms with van der Waals surface area (Å²) in [6, 6.07) is 5.69. The van der Waals surface area contributed by atoms with Gasteiger partial charge in [0.05, 0.1) is 17.3 Å². The first-order valence-corrected chi connectivity index (χ1v) is 6.41. The Labute approximate surface area is 116 Å². The van der Waals surface area contributed by atoms with Crippen molar-refractivity contribution in [3.8, 4) is 5.69 Å². The predicted molar refractivity (Wildman–Crippen MR) is 73.4 cm³/mol. The molecular formula is C12H14Cl2N4. The average molecular weight is 285 g/mol. The topological polar surface area (TPSA) is 42.7 Å². The van der Waals surface area contributed by atoms with Crippen LogP contribution >= 0.6 is 23.2 Å². The van der Waals surface area contributed by atoms with Crippen molar-refractivity contribution in [3.05, 3.63) is 40.4 Å². The van der Waals surface area contributed by atoms with Gasteiger partial charge >= 0.3 is 0 Å². The summed E-state index contributed by atoms with van der Waals surface area (Å²) in [5.41, 5.74) is 0.777. The van der Waals surface area contributed by atoms with Crippen LogP contribution in [0.4, 0.5) is 0 Å². The highest BCUT2D eigenvalue weighted by atomic mass is 35.5. The Hall–Kier alpha value is -1.10. The molecule has 0 saturated carbocycles. The van der Waals surface area contributed by atoms with Crippen LogP contribution in [-0.2, 0) is 6.54 Å². The van der Waals surface area contributed by atoms with Gasteiger partial charge in [0.1, 0.15) is 12.2 Å². The van der Waals surface area contributed by atoms with Crippen LogP contribution in [0.5, 0.6) is 0 Å². The van der Waals surface area contributed by atoms with E-state index in [1.54, 1.807) is 16.8 Å².